The van der Waals surface area contributed by atoms with Crippen LogP contribution in [0.3, 0.4) is 0 Å². The summed E-state index contributed by atoms with van der Waals surface area (Å²) in [6.07, 6.45) is 3.33. The molecule has 2 N–H and O–H groups in total. The van der Waals surface area contributed by atoms with Crippen LogP contribution in [0.1, 0.15) is 5.69 Å². The fourth-order valence-electron chi connectivity index (χ4n) is 1.59. The summed E-state index contributed by atoms with van der Waals surface area (Å²) in [5, 5.41) is 13.6. The molecule has 0 aliphatic rings. The van der Waals surface area contributed by atoms with Gasteiger partial charge in [0, 0.05) is 10.9 Å². The van der Waals surface area contributed by atoms with Crippen LogP contribution in [0.5, 0.6) is 0 Å². The molecule has 3 aromatic rings. The van der Waals surface area contributed by atoms with Gasteiger partial charge in [-0.15, -0.1) is 11.3 Å². The number of halogens is 1. The Morgan fingerprint density at radius 1 is 1.30 bits per heavy atom. The topological polar surface area (TPSA) is 66.0 Å². The molecule has 5 nitrogen and oxygen atoms in total. The van der Waals surface area contributed by atoms with Gasteiger partial charge in [-0.05, 0) is 15.9 Å². The van der Waals surface area contributed by atoms with Crippen molar-refractivity contribution in [3.8, 4) is 11.3 Å². The van der Waals surface area contributed by atoms with Crippen LogP contribution in [0.15, 0.2) is 51.5 Å². The summed E-state index contributed by atoms with van der Waals surface area (Å²) in [7, 11) is 0. The molecular weight excluding hydrogens is 338 g/mol. The Labute approximate surface area is 127 Å². The first kappa shape index (κ1) is 13.0. The van der Waals surface area contributed by atoms with E-state index in [0.717, 1.165) is 26.6 Å². The van der Waals surface area contributed by atoms with Crippen LogP contribution in [-0.2, 0) is 0 Å². The van der Waals surface area contributed by atoms with Gasteiger partial charge < -0.3 is 0 Å². The van der Waals surface area contributed by atoms with Crippen molar-refractivity contribution in [2.45, 2.75) is 0 Å². The fourth-order valence-corrected chi connectivity index (χ4v) is 2.55. The maximum Gasteiger partial charge on any atom is 0.203 e. The maximum atomic E-state index is 4.48. The van der Waals surface area contributed by atoms with Crippen molar-refractivity contribution in [1.82, 2.24) is 15.2 Å². The quantitative estimate of drug-likeness (QED) is 0.558. The number of nitrogens with zero attached hydrogens (tertiary/aromatic N) is 3. The van der Waals surface area contributed by atoms with Crippen molar-refractivity contribution in [1.29, 1.82) is 0 Å². The molecular formula is C13H10BrN5S. The highest BCUT2D eigenvalue weighted by molar-refractivity contribution is 9.10. The van der Waals surface area contributed by atoms with Crippen molar-refractivity contribution in [2.24, 2.45) is 5.10 Å². The number of hydrogen-bond acceptors (Lipinski definition) is 5. The minimum absolute atomic E-state index is 0.746. The van der Waals surface area contributed by atoms with E-state index in [0.29, 0.717) is 0 Å². The minimum Gasteiger partial charge on any atom is -0.276 e. The molecule has 0 saturated carbocycles. The molecule has 0 saturated heterocycles. The number of aromatic nitrogens is 3. The second kappa shape index (κ2) is 5.98. The van der Waals surface area contributed by atoms with E-state index in [9.17, 15) is 0 Å². The molecule has 2 aromatic heterocycles. The van der Waals surface area contributed by atoms with Crippen LogP contribution in [0.4, 0.5) is 5.13 Å². The van der Waals surface area contributed by atoms with Crippen molar-refractivity contribution >= 4 is 38.6 Å². The molecule has 0 aliphatic carbocycles. The van der Waals surface area contributed by atoms with Crippen LogP contribution in [-0.4, -0.2) is 21.4 Å². The van der Waals surface area contributed by atoms with Gasteiger partial charge >= 0.3 is 0 Å². The number of H-pyrrole nitrogens is 1. The second-order valence-corrected chi connectivity index (χ2v) is 5.62. The van der Waals surface area contributed by atoms with Gasteiger partial charge in [0.25, 0.3) is 0 Å². The predicted octanol–water partition coefficient (Wildman–Crippen LogP) is 3.74. The van der Waals surface area contributed by atoms with E-state index in [4.69, 9.17) is 0 Å². The standard InChI is InChI=1S/C13H10BrN5S/c14-10-6-15-18-11(10)7-16-19-13-17-12(8-20-13)9-4-2-1-3-5-9/h1-8H,(H,15,18)(H,17,19)/b16-7+. The highest BCUT2D eigenvalue weighted by atomic mass is 79.9. The summed E-state index contributed by atoms with van der Waals surface area (Å²) >= 11 is 4.87. The second-order valence-electron chi connectivity index (χ2n) is 3.91. The molecule has 0 aliphatic heterocycles. The maximum absolute atomic E-state index is 4.48. The Kier molecular flexibility index (Phi) is 3.89. The summed E-state index contributed by atoms with van der Waals surface area (Å²) < 4.78 is 0.868. The first-order valence-corrected chi connectivity index (χ1v) is 7.49. The lowest BCUT2D eigenvalue weighted by atomic mass is 10.2. The SMILES string of the molecule is Brc1cn[nH]c1/C=N/Nc1nc(-c2ccccc2)cs1. The van der Waals surface area contributed by atoms with Gasteiger partial charge in [-0.2, -0.15) is 10.2 Å². The van der Waals surface area contributed by atoms with Crippen molar-refractivity contribution in [2.75, 3.05) is 5.43 Å². The molecule has 1 aromatic carbocycles. The van der Waals surface area contributed by atoms with Crippen molar-refractivity contribution < 1.29 is 0 Å². The van der Waals surface area contributed by atoms with E-state index in [-0.39, 0.29) is 0 Å². The van der Waals surface area contributed by atoms with Crippen molar-refractivity contribution in [3.05, 3.63) is 52.1 Å². The number of benzene rings is 1. The normalized spacial score (nSPS) is 11.1. The number of aromatic amines is 1. The Balaban J connectivity index is 1.69. The smallest absolute Gasteiger partial charge is 0.203 e. The van der Waals surface area contributed by atoms with Gasteiger partial charge in [-0.25, -0.2) is 4.98 Å². The Bertz CT molecular complexity index is 719. The van der Waals surface area contributed by atoms with E-state index in [1.807, 2.05) is 35.7 Å². The number of hydrogen-bond donors (Lipinski definition) is 2. The lowest BCUT2D eigenvalue weighted by molar-refractivity contribution is 1.08. The molecule has 2 heterocycles. The average molecular weight is 348 g/mol. The van der Waals surface area contributed by atoms with Gasteiger partial charge in [0.2, 0.25) is 5.13 Å². The van der Waals surface area contributed by atoms with Gasteiger partial charge in [0.15, 0.2) is 0 Å². The van der Waals surface area contributed by atoms with Crippen LogP contribution in [0.2, 0.25) is 0 Å². The van der Waals surface area contributed by atoms with E-state index in [1.54, 1.807) is 12.4 Å². The zero-order valence-electron chi connectivity index (χ0n) is 10.2. The van der Waals surface area contributed by atoms with Crippen LogP contribution < -0.4 is 5.43 Å². The molecule has 0 bridgehead atoms. The Morgan fingerprint density at radius 3 is 2.90 bits per heavy atom. The summed E-state index contributed by atoms with van der Waals surface area (Å²) in [5.74, 6) is 0. The molecule has 0 fully saturated rings. The fraction of sp³-hybridized carbons (Fsp3) is 0. The lowest BCUT2D eigenvalue weighted by Crippen LogP contribution is -1.91. The summed E-state index contributed by atoms with van der Waals surface area (Å²) in [6.45, 7) is 0. The Hall–Kier alpha value is -1.99. The summed E-state index contributed by atoms with van der Waals surface area (Å²) in [4.78, 5) is 4.48. The van der Waals surface area contributed by atoms with Crippen LogP contribution in [0.25, 0.3) is 11.3 Å². The zero-order valence-corrected chi connectivity index (χ0v) is 12.6. The first-order valence-electron chi connectivity index (χ1n) is 5.82. The predicted molar refractivity (Wildman–Crippen MR) is 85.1 cm³/mol. The van der Waals surface area contributed by atoms with E-state index < -0.39 is 0 Å². The van der Waals surface area contributed by atoms with Gasteiger partial charge in [0.05, 0.1) is 28.3 Å². The third kappa shape index (κ3) is 2.94. The van der Waals surface area contributed by atoms with Crippen LogP contribution >= 0.6 is 27.3 Å². The zero-order chi connectivity index (χ0) is 13.8. The molecule has 0 spiro atoms. The van der Waals surface area contributed by atoms with Crippen LogP contribution in [0, 0.1) is 0 Å². The highest BCUT2D eigenvalue weighted by Gasteiger charge is 2.03. The van der Waals surface area contributed by atoms with Crippen molar-refractivity contribution in [3.63, 3.8) is 0 Å². The molecule has 0 unspecified atom stereocenters. The molecule has 0 amide bonds. The molecule has 3 rings (SSSR count). The van der Waals surface area contributed by atoms with E-state index >= 15 is 0 Å². The largest absolute Gasteiger partial charge is 0.276 e. The lowest BCUT2D eigenvalue weighted by Gasteiger charge is -1.95. The highest BCUT2D eigenvalue weighted by Crippen LogP contribution is 2.24. The molecule has 0 radical (unpaired) electrons. The number of nitrogens with one attached hydrogen (secondary N) is 2. The monoisotopic (exact) mass is 347 g/mol. The minimum atomic E-state index is 0.746. The third-order valence-corrected chi connectivity index (χ3v) is 3.93. The number of rotatable bonds is 4. The number of anilines is 1. The number of hydrazone groups is 1. The third-order valence-electron chi connectivity index (χ3n) is 2.55. The van der Waals surface area contributed by atoms with E-state index in [2.05, 4.69) is 41.6 Å². The Morgan fingerprint density at radius 2 is 2.15 bits per heavy atom. The van der Waals surface area contributed by atoms with Gasteiger partial charge in [-0.3, -0.25) is 10.5 Å². The molecule has 0 atom stereocenters. The van der Waals surface area contributed by atoms with E-state index in [1.165, 1.54) is 11.3 Å². The number of thiazole rings is 1. The average Bonchev–Trinajstić information content (AvgIpc) is 3.10. The molecule has 7 heteroatoms. The first-order chi connectivity index (χ1) is 9.83. The molecule has 100 valence electrons. The van der Waals surface area contributed by atoms with Gasteiger partial charge in [-0.1, -0.05) is 30.3 Å². The molecule has 20 heavy (non-hydrogen) atoms. The summed E-state index contributed by atoms with van der Waals surface area (Å²) in [6, 6.07) is 10.0. The van der Waals surface area contributed by atoms with Gasteiger partial charge in [0.1, 0.15) is 0 Å². The summed E-state index contributed by atoms with van der Waals surface area (Å²) in [5.41, 5.74) is 5.75.